The number of carboxylic acids is 1. The number of hydrogen-bond acceptors (Lipinski definition) is 4. The third-order valence-corrected chi connectivity index (χ3v) is 1.97. The third kappa shape index (κ3) is 6.87. The summed E-state index contributed by atoms with van der Waals surface area (Å²) in [6, 6.07) is -0.773. The summed E-state index contributed by atoms with van der Waals surface area (Å²) >= 11 is 0. The maximum atomic E-state index is 11.3. The van der Waals surface area contributed by atoms with Gasteiger partial charge in [-0.1, -0.05) is 0 Å². The summed E-state index contributed by atoms with van der Waals surface area (Å²) in [7, 11) is 1.54. The van der Waals surface area contributed by atoms with Gasteiger partial charge in [0.2, 0.25) is 5.91 Å². The first-order valence-electron chi connectivity index (χ1n) is 4.75. The first-order valence-corrected chi connectivity index (χ1v) is 4.75. The van der Waals surface area contributed by atoms with Crippen molar-refractivity contribution in [2.45, 2.75) is 31.9 Å². The Morgan fingerprint density at radius 1 is 1.53 bits per heavy atom. The highest BCUT2D eigenvalue weighted by Gasteiger charge is 2.14. The van der Waals surface area contributed by atoms with Crippen molar-refractivity contribution in [2.24, 2.45) is 5.73 Å². The summed E-state index contributed by atoms with van der Waals surface area (Å²) < 4.78 is 4.93. The summed E-state index contributed by atoms with van der Waals surface area (Å²) in [5.74, 6) is -1.30. The van der Waals surface area contributed by atoms with Crippen LogP contribution in [0, 0.1) is 0 Å². The van der Waals surface area contributed by atoms with Crippen LogP contribution in [0.1, 0.15) is 19.8 Å². The molecule has 0 radical (unpaired) electrons. The highest BCUT2D eigenvalue weighted by molar-refractivity contribution is 5.82. The van der Waals surface area contributed by atoms with Gasteiger partial charge >= 0.3 is 5.97 Å². The number of nitrogens with two attached hydrogens (primary N) is 1. The second-order valence-electron chi connectivity index (χ2n) is 3.33. The van der Waals surface area contributed by atoms with Crippen molar-refractivity contribution in [1.82, 2.24) is 5.32 Å². The number of carboxylic acid groups (broad SMARTS) is 1. The van der Waals surface area contributed by atoms with Gasteiger partial charge in [-0.15, -0.1) is 0 Å². The van der Waals surface area contributed by atoms with E-state index in [4.69, 9.17) is 15.6 Å². The molecular weight excluding hydrogens is 200 g/mol. The first-order chi connectivity index (χ1) is 6.97. The molecule has 2 unspecified atom stereocenters. The Labute approximate surface area is 88.8 Å². The number of methoxy groups -OCH3 is 1. The molecule has 0 aromatic heterocycles. The monoisotopic (exact) mass is 218 g/mol. The van der Waals surface area contributed by atoms with Gasteiger partial charge in [-0.25, -0.2) is 0 Å². The van der Waals surface area contributed by atoms with Gasteiger partial charge in [-0.05, 0) is 13.3 Å². The van der Waals surface area contributed by atoms with Crippen LogP contribution in [-0.4, -0.2) is 42.8 Å². The van der Waals surface area contributed by atoms with Crippen LogP contribution in [0.25, 0.3) is 0 Å². The zero-order valence-electron chi connectivity index (χ0n) is 9.03. The van der Waals surface area contributed by atoms with E-state index >= 15 is 0 Å². The lowest BCUT2D eigenvalue weighted by Crippen LogP contribution is -2.43. The first kappa shape index (κ1) is 13.9. The minimum atomic E-state index is -0.955. The van der Waals surface area contributed by atoms with Crippen LogP contribution in [0.4, 0.5) is 0 Å². The molecule has 2 atom stereocenters. The van der Waals surface area contributed by atoms with E-state index in [1.165, 1.54) is 0 Å². The van der Waals surface area contributed by atoms with E-state index < -0.39 is 12.0 Å². The summed E-state index contributed by atoms with van der Waals surface area (Å²) in [6.45, 7) is 2.18. The van der Waals surface area contributed by atoms with Crippen molar-refractivity contribution >= 4 is 11.9 Å². The average molecular weight is 218 g/mol. The maximum Gasteiger partial charge on any atom is 0.303 e. The summed E-state index contributed by atoms with van der Waals surface area (Å²) in [5, 5.41) is 11.0. The molecule has 0 saturated carbocycles. The van der Waals surface area contributed by atoms with Gasteiger partial charge in [-0.2, -0.15) is 0 Å². The van der Waals surface area contributed by atoms with Gasteiger partial charge in [0.1, 0.15) is 0 Å². The molecule has 6 nitrogen and oxygen atoms in total. The van der Waals surface area contributed by atoms with Gasteiger partial charge in [0.05, 0.1) is 12.1 Å². The molecule has 1 amide bonds. The van der Waals surface area contributed by atoms with Crippen LogP contribution < -0.4 is 11.1 Å². The maximum absolute atomic E-state index is 11.3. The lowest BCUT2D eigenvalue weighted by atomic mass is 10.1. The Morgan fingerprint density at radius 2 is 2.13 bits per heavy atom. The van der Waals surface area contributed by atoms with Crippen LogP contribution in [0.2, 0.25) is 0 Å². The van der Waals surface area contributed by atoms with Gasteiger partial charge in [0, 0.05) is 20.1 Å². The number of carbonyl (C=O) groups is 2. The predicted molar refractivity (Wildman–Crippen MR) is 54.3 cm³/mol. The van der Waals surface area contributed by atoms with Crippen molar-refractivity contribution in [1.29, 1.82) is 0 Å². The zero-order chi connectivity index (χ0) is 11.8. The fourth-order valence-electron chi connectivity index (χ4n) is 0.869. The molecule has 0 bridgehead atoms. The molecule has 0 aliphatic carbocycles. The van der Waals surface area contributed by atoms with Crippen LogP contribution >= 0.6 is 0 Å². The molecule has 0 aromatic carbocycles. The second-order valence-corrected chi connectivity index (χ2v) is 3.33. The molecule has 88 valence electrons. The minimum absolute atomic E-state index is 0.0828. The van der Waals surface area contributed by atoms with Gasteiger partial charge in [0.25, 0.3) is 0 Å². The van der Waals surface area contributed by atoms with Gasteiger partial charge in [-0.3, -0.25) is 9.59 Å². The number of rotatable bonds is 7. The number of amides is 1. The normalized spacial score (nSPS) is 14.3. The molecule has 0 heterocycles. The van der Waals surface area contributed by atoms with Crippen LogP contribution in [-0.2, 0) is 14.3 Å². The highest BCUT2D eigenvalue weighted by atomic mass is 16.5. The van der Waals surface area contributed by atoms with E-state index in [1.54, 1.807) is 7.11 Å². The molecule has 0 aliphatic rings. The number of hydrogen-bond donors (Lipinski definition) is 3. The second kappa shape index (κ2) is 7.19. The van der Waals surface area contributed by atoms with Crippen molar-refractivity contribution in [3.8, 4) is 0 Å². The van der Waals surface area contributed by atoms with Crippen LogP contribution in [0.5, 0.6) is 0 Å². The van der Waals surface area contributed by atoms with E-state index in [0.717, 1.165) is 0 Å². The standard InChI is InChI=1S/C9H18N2O4/c1-6(15-2)5-11-9(14)7(10)3-4-8(12)13/h6-7H,3-5,10H2,1-2H3,(H,11,14)(H,12,13). The van der Waals surface area contributed by atoms with E-state index in [9.17, 15) is 9.59 Å². The highest BCUT2D eigenvalue weighted by Crippen LogP contribution is 1.95. The molecule has 0 spiro atoms. The third-order valence-electron chi connectivity index (χ3n) is 1.97. The zero-order valence-corrected chi connectivity index (χ0v) is 9.03. The Kier molecular flexibility index (Phi) is 6.64. The quantitative estimate of drug-likeness (QED) is 0.526. The van der Waals surface area contributed by atoms with Crippen molar-refractivity contribution in [3.05, 3.63) is 0 Å². The topological polar surface area (TPSA) is 102 Å². The summed E-state index contributed by atoms with van der Waals surface area (Å²) in [5.41, 5.74) is 5.48. The molecule has 0 aromatic rings. The van der Waals surface area contributed by atoms with Crippen LogP contribution in [0.15, 0.2) is 0 Å². The number of aliphatic carboxylic acids is 1. The Hall–Kier alpha value is -1.14. The summed E-state index contributed by atoms with van der Waals surface area (Å²) in [4.78, 5) is 21.5. The molecular formula is C9H18N2O4. The molecule has 6 heteroatoms. The smallest absolute Gasteiger partial charge is 0.303 e. The van der Waals surface area contributed by atoms with Gasteiger partial charge in [0.15, 0.2) is 0 Å². The predicted octanol–water partition coefficient (Wildman–Crippen LogP) is -0.670. The molecule has 0 saturated heterocycles. The molecule has 0 rings (SSSR count). The summed E-state index contributed by atoms with van der Waals surface area (Å²) in [6.07, 6.45) is -0.0441. The van der Waals surface area contributed by atoms with E-state index in [0.29, 0.717) is 6.54 Å². The fourth-order valence-corrected chi connectivity index (χ4v) is 0.869. The molecule has 15 heavy (non-hydrogen) atoms. The van der Waals surface area contributed by atoms with E-state index in [2.05, 4.69) is 5.32 Å². The Balaban J connectivity index is 3.74. The SMILES string of the molecule is COC(C)CNC(=O)C(N)CCC(=O)O. The molecule has 0 fully saturated rings. The lowest BCUT2D eigenvalue weighted by Gasteiger charge is -2.14. The number of ether oxygens (including phenoxy) is 1. The van der Waals surface area contributed by atoms with Gasteiger partial charge < -0.3 is 20.9 Å². The van der Waals surface area contributed by atoms with Crippen molar-refractivity contribution in [2.75, 3.05) is 13.7 Å². The molecule has 0 aliphatic heterocycles. The number of nitrogens with one attached hydrogen (secondary N) is 1. The fraction of sp³-hybridized carbons (Fsp3) is 0.778. The Bertz CT molecular complexity index is 220. The van der Waals surface area contributed by atoms with Crippen LogP contribution in [0.3, 0.4) is 0 Å². The Morgan fingerprint density at radius 3 is 2.60 bits per heavy atom. The lowest BCUT2D eigenvalue weighted by molar-refractivity contribution is -0.137. The van der Waals surface area contributed by atoms with Crippen molar-refractivity contribution < 1.29 is 19.4 Å². The number of carbonyl (C=O) groups excluding carboxylic acids is 1. The minimum Gasteiger partial charge on any atom is -0.481 e. The van der Waals surface area contributed by atoms with Crippen molar-refractivity contribution in [3.63, 3.8) is 0 Å². The average Bonchev–Trinajstić information content (AvgIpc) is 2.21. The largest absolute Gasteiger partial charge is 0.481 e. The van der Waals surface area contributed by atoms with E-state index in [1.807, 2.05) is 6.92 Å². The van der Waals surface area contributed by atoms with E-state index in [-0.39, 0.29) is 24.9 Å². The molecule has 4 N–H and O–H groups in total.